The molecule has 0 radical (unpaired) electrons. The highest BCUT2D eigenvalue weighted by molar-refractivity contribution is 5.25. The molecule has 0 bridgehead atoms. The molecule has 1 atom stereocenters. The fourth-order valence-electron chi connectivity index (χ4n) is 2.98. The lowest BCUT2D eigenvalue weighted by Crippen LogP contribution is -2.47. The molecule has 2 fully saturated rings. The lowest BCUT2D eigenvalue weighted by atomic mass is 10.00. The molecule has 3 nitrogen and oxygen atoms in total. The Balaban J connectivity index is 1.49. The molecule has 3 rings (SSSR count). The standard InChI is InChI=1S/C17H23N3/c18-12-17(16-4-2-1-3-5-16)14-20-10-8-19(9-11-20)13-15-6-7-15/h1-5,15,17H,6-11,13-14H2. The van der Waals surface area contributed by atoms with Gasteiger partial charge in [-0.1, -0.05) is 30.3 Å². The second-order valence-corrected chi connectivity index (χ2v) is 6.14. The van der Waals surface area contributed by atoms with Gasteiger partial charge in [-0.3, -0.25) is 4.90 Å². The van der Waals surface area contributed by atoms with Crippen molar-refractivity contribution in [2.24, 2.45) is 5.92 Å². The van der Waals surface area contributed by atoms with Crippen LogP contribution in [0.5, 0.6) is 0 Å². The third-order valence-corrected chi connectivity index (χ3v) is 4.48. The van der Waals surface area contributed by atoms with Crippen LogP contribution in [0.15, 0.2) is 30.3 Å². The Morgan fingerprint density at radius 2 is 1.70 bits per heavy atom. The largest absolute Gasteiger partial charge is 0.301 e. The highest BCUT2D eigenvalue weighted by atomic mass is 15.3. The Hall–Kier alpha value is -1.37. The highest BCUT2D eigenvalue weighted by Gasteiger charge is 2.27. The van der Waals surface area contributed by atoms with E-state index in [-0.39, 0.29) is 5.92 Å². The number of hydrogen-bond donors (Lipinski definition) is 0. The van der Waals surface area contributed by atoms with Crippen LogP contribution in [0.25, 0.3) is 0 Å². The first-order valence-electron chi connectivity index (χ1n) is 7.74. The lowest BCUT2D eigenvalue weighted by Gasteiger charge is -2.35. The van der Waals surface area contributed by atoms with Crippen LogP contribution in [0.2, 0.25) is 0 Å². The first-order chi connectivity index (χ1) is 9.85. The molecule has 20 heavy (non-hydrogen) atoms. The number of benzene rings is 1. The minimum Gasteiger partial charge on any atom is -0.301 e. The molecule has 0 amide bonds. The molecule has 1 unspecified atom stereocenters. The van der Waals surface area contributed by atoms with Gasteiger partial charge in [0.15, 0.2) is 0 Å². The van der Waals surface area contributed by atoms with Crippen LogP contribution < -0.4 is 0 Å². The molecule has 1 saturated carbocycles. The summed E-state index contributed by atoms with van der Waals surface area (Å²) in [5, 5.41) is 9.40. The van der Waals surface area contributed by atoms with E-state index in [1.54, 1.807) is 0 Å². The minimum absolute atomic E-state index is 0.00572. The summed E-state index contributed by atoms with van der Waals surface area (Å²) in [4.78, 5) is 5.04. The van der Waals surface area contributed by atoms with Crippen molar-refractivity contribution in [3.63, 3.8) is 0 Å². The van der Waals surface area contributed by atoms with Gasteiger partial charge in [0.05, 0.1) is 12.0 Å². The number of piperazine rings is 1. The molecular formula is C17H23N3. The van der Waals surface area contributed by atoms with Crippen molar-refractivity contribution in [3.8, 4) is 6.07 Å². The predicted octanol–water partition coefficient (Wildman–Crippen LogP) is 2.32. The summed E-state index contributed by atoms with van der Waals surface area (Å²) in [6.07, 6.45) is 2.87. The van der Waals surface area contributed by atoms with Gasteiger partial charge in [-0.05, 0) is 24.3 Å². The maximum absolute atomic E-state index is 9.40. The molecule has 106 valence electrons. The molecule has 2 aliphatic rings. The van der Waals surface area contributed by atoms with E-state index in [2.05, 4.69) is 28.0 Å². The van der Waals surface area contributed by atoms with Gasteiger partial charge in [-0.2, -0.15) is 5.26 Å². The van der Waals surface area contributed by atoms with Gasteiger partial charge in [0.2, 0.25) is 0 Å². The third kappa shape index (κ3) is 3.59. The zero-order valence-corrected chi connectivity index (χ0v) is 12.0. The van der Waals surface area contributed by atoms with Gasteiger partial charge < -0.3 is 4.90 Å². The first-order valence-corrected chi connectivity index (χ1v) is 7.74. The molecule has 1 aliphatic carbocycles. The van der Waals surface area contributed by atoms with Crippen molar-refractivity contribution < 1.29 is 0 Å². The molecule has 1 heterocycles. The maximum atomic E-state index is 9.40. The van der Waals surface area contributed by atoms with Crippen molar-refractivity contribution in [2.45, 2.75) is 18.8 Å². The molecule has 1 aromatic rings. The van der Waals surface area contributed by atoms with E-state index in [0.717, 1.165) is 31.1 Å². The molecule has 1 aliphatic heterocycles. The average molecular weight is 269 g/mol. The lowest BCUT2D eigenvalue weighted by molar-refractivity contribution is 0.127. The Bertz CT molecular complexity index is 453. The van der Waals surface area contributed by atoms with Crippen LogP contribution in [-0.2, 0) is 0 Å². The van der Waals surface area contributed by atoms with E-state index in [1.165, 1.54) is 32.5 Å². The smallest absolute Gasteiger partial charge is 0.0839 e. The molecule has 0 N–H and O–H groups in total. The molecule has 3 heteroatoms. The fraction of sp³-hybridized carbons (Fsp3) is 0.588. The van der Waals surface area contributed by atoms with Crippen LogP contribution in [0.3, 0.4) is 0 Å². The zero-order chi connectivity index (χ0) is 13.8. The van der Waals surface area contributed by atoms with Crippen LogP contribution >= 0.6 is 0 Å². The molecular weight excluding hydrogens is 246 g/mol. The first kappa shape index (κ1) is 13.6. The number of rotatable bonds is 5. The van der Waals surface area contributed by atoms with Crippen molar-refractivity contribution in [2.75, 3.05) is 39.3 Å². The van der Waals surface area contributed by atoms with Crippen LogP contribution in [0, 0.1) is 17.2 Å². The summed E-state index contributed by atoms with van der Waals surface area (Å²) in [7, 11) is 0. The zero-order valence-electron chi connectivity index (χ0n) is 12.0. The van der Waals surface area contributed by atoms with Gasteiger partial charge in [0.25, 0.3) is 0 Å². The van der Waals surface area contributed by atoms with Gasteiger partial charge in [-0.15, -0.1) is 0 Å². The summed E-state index contributed by atoms with van der Waals surface area (Å²) in [5.41, 5.74) is 1.15. The Morgan fingerprint density at radius 1 is 1.05 bits per heavy atom. The number of hydrogen-bond acceptors (Lipinski definition) is 3. The van der Waals surface area contributed by atoms with Gasteiger partial charge >= 0.3 is 0 Å². The van der Waals surface area contributed by atoms with E-state index in [1.807, 2.05) is 18.2 Å². The summed E-state index contributed by atoms with van der Waals surface area (Å²) >= 11 is 0. The van der Waals surface area contributed by atoms with E-state index in [4.69, 9.17) is 0 Å². The second-order valence-electron chi connectivity index (χ2n) is 6.14. The average Bonchev–Trinajstić information content (AvgIpc) is 3.31. The van der Waals surface area contributed by atoms with Crippen LogP contribution in [0.4, 0.5) is 0 Å². The topological polar surface area (TPSA) is 30.3 Å². The van der Waals surface area contributed by atoms with Crippen molar-refractivity contribution >= 4 is 0 Å². The van der Waals surface area contributed by atoms with E-state index in [9.17, 15) is 5.26 Å². The second kappa shape index (κ2) is 6.39. The van der Waals surface area contributed by atoms with E-state index in [0.29, 0.717) is 0 Å². The van der Waals surface area contributed by atoms with Gasteiger partial charge in [0.1, 0.15) is 0 Å². The molecule has 0 spiro atoms. The molecule has 0 aromatic heterocycles. The summed E-state index contributed by atoms with van der Waals surface area (Å²) in [6.45, 7) is 6.73. The summed E-state index contributed by atoms with van der Waals surface area (Å²) < 4.78 is 0. The van der Waals surface area contributed by atoms with E-state index < -0.39 is 0 Å². The summed E-state index contributed by atoms with van der Waals surface area (Å²) in [6, 6.07) is 12.6. The Kier molecular flexibility index (Phi) is 4.34. The van der Waals surface area contributed by atoms with Crippen molar-refractivity contribution in [1.82, 2.24) is 9.80 Å². The van der Waals surface area contributed by atoms with Gasteiger partial charge in [-0.25, -0.2) is 0 Å². The van der Waals surface area contributed by atoms with Crippen LogP contribution in [-0.4, -0.2) is 49.1 Å². The number of nitriles is 1. The predicted molar refractivity (Wildman–Crippen MR) is 80.4 cm³/mol. The highest BCUT2D eigenvalue weighted by Crippen LogP contribution is 2.30. The quantitative estimate of drug-likeness (QED) is 0.822. The monoisotopic (exact) mass is 269 g/mol. The van der Waals surface area contributed by atoms with Crippen molar-refractivity contribution in [3.05, 3.63) is 35.9 Å². The maximum Gasteiger partial charge on any atom is 0.0839 e. The van der Waals surface area contributed by atoms with Gasteiger partial charge in [0, 0.05) is 39.3 Å². The molecule has 1 saturated heterocycles. The van der Waals surface area contributed by atoms with E-state index >= 15 is 0 Å². The third-order valence-electron chi connectivity index (χ3n) is 4.48. The Labute approximate surface area is 121 Å². The SMILES string of the molecule is N#CC(CN1CCN(CC2CC2)CC1)c1ccccc1. The number of nitrogens with zero attached hydrogens (tertiary/aromatic N) is 3. The fourth-order valence-corrected chi connectivity index (χ4v) is 2.98. The molecule has 1 aromatic carbocycles. The Morgan fingerprint density at radius 3 is 2.30 bits per heavy atom. The summed E-state index contributed by atoms with van der Waals surface area (Å²) in [5.74, 6) is 0.990. The normalized spacial score (nSPS) is 22.4. The van der Waals surface area contributed by atoms with Crippen LogP contribution in [0.1, 0.15) is 24.3 Å². The van der Waals surface area contributed by atoms with Crippen molar-refractivity contribution in [1.29, 1.82) is 5.26 Å². The minimum atomic E-state index is 0.00572.